The molecule has 3 aromatic rings. The standard InChI is InChI=1S/C14H23N3O2S.C10H10ClN3/c1-10-12(5-8-18)20-14(17-10)13(16-7-9-19)11-4-2-3-6-15-11;1-12-10-6-9(13-14-10)7-2-4-8(11)5-3-7/h9,11,13,15-16,18H,2-8H2,1H3;2-6H,1H3,(H2,12,13,14). The van der Waals surface area contributed by atoms with Crippen molar-refractivity contribution in [1.82, 2.24) is 25.8 Å². The highest BCUT2D eigenvalue weighted by Crippen LogP contribution is 2.29. The van der Waals surface area contributed by atoms with Crippen LogP contribution in [-0.2, 0) is 11.2 Å². The summed E-state index contributed by atoms with van der Waals surface area (Å²) in [5.41, 5.74) is 3.04. The minimum absolute atomic E-state index is 0.0802. The molecule has 4 rings (SSSR count). The monoisotopic (exact) mass is 504 g/mol. The molecular formula is C24H33ClN6O2S. The Morgan fingerprint density at radius 1 is 1.32 bits per heavy atom. The van der Waals surface area contributed by atoms with Gasteiger partial charge in [-0.15, -0.1) is 11.3 Å². The zero-order valence-electron chi connectivity index (χ0n) is 19.6. The highest BCUT2D eigenvalue weighted by molar-refractivity contribution is 7.11. The van der Waals surface area contributed by atoms with Crippen molar-refractivity contribution in [3.05, 3.63) is 50.9 Å². The van der Waals surface area contributed by atoms with Crippen LogP contribution in [0.5, 0.6) is 0 Å². The van der Waals surface area contributed by atoms with E-state index in [0.29, 0.717) is 19.0 Å². The number of nitrogens with zero attached hydrogens (tertiary/aromatic N) is 2. The van der Waals surface area contributed by atoms with Crippen molar-refractivity contribution in [2.75, 3.05) is 32.1 Å². The second-order valence-corrected chi connectivity index (χ2v) is 9.62. The van der Waals surface area contributed by atoms with Gasteiger partial charge in [0.1, 0.15) is 17.1 Å². The van der Waals surface area contributed by atoms with Crippen molar-refractivity contribution in [3.63, 3.8) is 0 Å². The summed E-state index contributed by atoms with van der Waals surface area (Å²) < 4.78 is 0. The quantitative estimate of drug-likeness (QED) is 0.282. The van der Waals surface area contributed by atoms with Gasteiger partial charge in [0.25, 0.3) is 0 Å². The van der Waals surface area contributed by atoms with Crippen LogP contribution < -0.4 is 16.0 Å². The SMILES string of the molecule is CNc1cc(-c2ccc(Cl)cc2)[nH]n1.Cc1nc(C(NCC=O)C2CCCCN2)sc1CCO. The summed E-state index contributed by atoms with van der Waals surface area (Å²) >= 11 is 7.44. The molecule has 34 heavy (non-hydrogen) atoms. The third kappa shape index (κ3) is 7.35. The second-order valence-electron chi connectivity index (χ2n) is 8.07. The third-order valence-corrected chi connectivity index (χ3v) is 7.23. The van der Waals surface area contributed by atoms with Crippen molar-refractivity contribution in [3.8, 4) is 11.3 Å². The van der Waals surface area contributed by atoms with Crippen LogP contribution in [0.4, 0.5) is 5.82 Å². The first kappa shape index (κ1) is 26.3. The van der Waals surface area contributed by atoms with E-state index in [2.05, 4.69) is 31.1 Å². The molecular weight excluding hydrogens is 472 g/mol. The molecule has 184 valence electrons. The Kier molecular flexibility index (Phi) is 10.5. The van der Waals surface area contributed by atoms with Gasteiger partial charge in [-0.3, -0.25) is 10.4 Å². The highest BCUT2D eigenvalue weighted by atomic mass is 35.5. The molecule has 8 nitrogen and oxygen atoms in total. The molecule has 3 heterocycles. The number of piperidine rings is 1. The Hall–Kier alpha value is -2.30. The largest absolute Gasteiger partial charge is 0.396 e. The molecule has 1 fully saturated rings. The van der Waals surface area contributed by atoms with Crippen molar-refractivity contribution in [2.45, 2.75) is 44.7 Å². The van der Waals surface area contributed by atoms with Crippen molar-refractivity contribution in [2.24, 2.45) is 0 Å². The zero-order valence-corrected chi connectivity index (χ0v) is 21.2. The average Bonchev–Trinajstić information content (AvgIpc) is 3.48. The number of aryl methyl sites for hydroxylation is 1. The topological polar surface area (TPSA) is 115 Å². The number of aliphatic hydroxyl groups excluding tert-OH is 1. The van der Waals surface area contributed by atoms with E-state index in [-0.39, 0.29) is 12.6 Å². The highest BCUT2D eigenvalue weighted by Gasteiger charge is 2.27. The number of anilines is 1. The summed E-state index contributed by atoms with van der Waals surface area (Å²) in [4.78, 5) is 16.4. The van der Waals surface area contributed by atoms with E-state index in [1.807, 2.05) is 44.3 Å². The Labute approximate surface area is 209 Å². The van der Waals surface area contributed by atoms with Crippen LogP contribution in [0.15, 0.2) is 30.3 Å². The lowest BCUT2D eigenvalue weighted by atomic mass is 9.98. The number of hydrogen-bond donors (Lipinski definition) is 5. The average molecular weight is 505 g/mol. The van der Waals surface area contributed by atoms with Crippen LogP contribution in [0.2, 0.25) is 5.02 Å². The fourth-order valence-electron chi connectivity index (χ4n) is 3.88. The summed E-state index contributed by atoms with van der Waals surface area (Å²) in [6, 6.07) is 9.98. The van der Waals surface area contributed by atoms with E-state index >= 15 is 0 Å². The van der Waals surface area contributed by atoms with Gasteiger partial charge in [0.15, 0.2) is 0 Å². The molecule has 0 radical (unpaired) electrons. The first-order valence-corrected chi connectivity index (χ1v) is 12.7. The first-order valence-electron chi connectivity index (χ1n) is 11.5. The number of rotatable bonds is 9. The van der Waals surface area contributed by atoms with Crippen LogP contribution in [-0.4, -0.2) is 59.4 Å². The molecule has 10 heteroatoms. The van der Waals surface area contributed by atoms with Gasteiger partial charge in [-0.05, 0) is 44.0 Å². The van der Waals surface area contributed by atoms with Gasteiger partial charge in [-0.1, -0.05) is 30.2 Å². The van der Waals surface area contributed by atoms with Crippen LogP contribution in [0, 0.1) is 6.92 Å². The second kappa shape index (κ2) is 13.6. The van der Waals surface area contributed by atoms with Gasteiger partial charge in [-0.25, -0.2) is 4.98 Å². The molecule has 1 saturated heterocycles. The fourth-order valence-corrected chi connectivity index (χ4v) is 5.21. The Morgan fingerprint density at radius 3 is 2.74 bits per heavy atom. The van der Waals surface area contributed by atoms with Gasteiger partial charge in [0, 0.05) is 42.1 Å². The van der Waals surface area contributed by atoms with E-state index in [1.54, 1.807) is 11.3 Å². The third-order valence-electron chi connectivity index (χ3n) is 5.68. The molecule has 1 aliphatic heterocycles. The molecule has 2 unspecified atom stereocenters. The van der Waals surface area contributed by atoms with Crippen LogP contribution in [0.25, 0.3) is 11.3 Å². The molecule has 5 N–H and O–H groups in total. The first-order chi connectivity index (χ1) is 16.5. The summed E-state index contributed by atoms with van der Waals surface area (Å²) in [7, 11) is 1.84. The van der Waals surface area contributed by atoms with Crippen molar-refractivity contribution in [1.29, 1.82) is 0 Å². The number of hydrogen-bond acceptors (Lipinski definition) is 8. The predicted molar refractivity (Wildman–Crippen MR) is 139 cm³/mol. The Morgan fingerprint density at radius 2 is 2.12 bits per heavy atom. The smallest absolute Gasteiger partial charge is 0.148 e. The van der Waals surface area contributed by atoms with E-state index in [9.17, 15) is 4.79 Å². The normalized spacial score (nSPS) is 16.4. The number of carbonyl (C=O) groups is 1. The number of carbonyl (C=O) groups excluding carboxylic acids is 1. The number of H-pyrrole nitrogens is 1. The van der Waals surface area contributed by atoms with Gasteiger partial charge in [-0.2, -0.15) is 5.10 Å². The van der Waals surface area contributed by atoms with E-state index < -0.39 is 0 Å². The molecule has 0 amide bonds. The van der Waals surface area contributed by atoms with Crippen LogP contribution in [0.1, 0.15) is 40.9 Å². The number of aromatic amines is 1. The zero-order chi connectivity index (χ0) is 24.3. The summed E-state index contributed by atoms with van der Waals surface area (Å²) in [5, 5.41) is 27.6. The molecule has 1 aromatic carbocycles. The number of aromatic nitrogens is 3. The van der Waals surface area contributed by atoms with E-state index in [1.165, 1.54) is 12.8 Å². The van der Waals surface area contributed by atoms with Gasteiger partial charge < -0.3 is 20.5 Å². The predicted octanol–water partition coefficient (Wildman–Crippen LogP) is 3.73. The van der Waals surface area contributed by atoms with Crippen LogP contribution in [0.3, 0.4) is 0 Å². The number of benzene rings is 1. The van der Waals surface area contributed by atoms with Crippen molar-refractivity contribution >= 4 is 35.0 Å². The van der Waals surface area contributed by atoms with Crippen LogP contribution >= 0.6 is 22.9 Å². The summed E-state index contributed by atoms with van der Waals surface area (Å²) in [5.74, 6) is 0.829. The summed E-state index contributed by atoms with van der Waals surface area (Å²) in [6.07, 6.45) is 5.08. The lowest BCUT2D eigenvalue weighted by Crippen LogP contribution is -2.44. The lowest BCUT2D eigenvalue weighted by molar-refractivity contribution is -0.107. The van der Waals surface area contributed by atoms with Crippen molar-refractivity contribution < 1.29 is 9.90 Å². The molecule has 1 aliphatic rings. The molecule has 2 atom stereocenters. The number of nitrogens with one attached hydrogen (secondary N) is 4. The number of thiazole rings is 1. The Bertz CT molecular complexity index is 1020. The van der Waals surface area contributed by atoms with E-state index in [4.69, 9.17) is 16.7 Å². The Balaban J connectivity index is 0.000000202. The summed E-state index contributed by atoms with van der Waals surface area (Å²) in [6.45, 7) is 3.50. The van der Waals surface area contributed by atoms with Gasteiger partial charge >= 0.3 is 0 Å². The lowest BCUT2D eigenvalue weighted by Gasteiger charge is -2.30. The van der Waals surface area contributed by atoms with Gasteiger partial charge in [0.05, 0.1) is 24.0 Å². The number of aliphatic hydroxyl groups is 1. The molecule has 0 saturated carbocycles. The van der Waals surface area contributed by atoms with Gasteiger partial charge in [0.2, 0.25) is 0 Å². The minimum atomic E-state index is 0.0802. The number of halogens is 1. The molecule has 0 spiro atoms. The number of aldehydes is 1. The maximum Gasteiger partial charge on any atom is 0.148 e. The minimum Gasteiger partial charge on any atom is -0.396 e. The maximum atomic E-state index is 10.7. The maximum absolute atomic E-state index is 10.7. The molecule has 2 aromatic heterocycles. The van der Waals surface area contributed by atoms with E-state index in [0.717, 1.165) is 56.9 Å². The molecule has 0 aliphatic carbocycles. The molecule has 0 bridgehead atoms. The fraction of sp³-hybridized carbons (Fsp3) is 0.458.